The average Bonchev–Trinajstić information content (AvgIpc) is 3.04. The van der Waals surface area contributed by atoms with Gasteiger partial charge in [0.15, 0.2) is 9.84 Å². The molecule has 1 aliphatic carbocycles. The zero-order valence-electron chi connectivity index (χ0n) is 17.1. The molecule has 0 unspecified atom stereocenters. The average molecular weight is 451 g/mol. The maximum Gasteiger partial charge on any atom is 0.251 e. The number of methoxy groups -OCH3 is 1. The molecule has 1 atom stereocenters. The summed E-state index contributed by atoms with van der Waals surface area (Å²) in [7, 11) is -1.98. The summed E-state index contributed by atoms with van der Waals surface area (Å²) >= 11 is 1.40. The number of hydrogen-bond donors (Lipinski definition) is 2. The number of carbonyl (C=O) groups excluding carboxylic acids is 2. The van der Waals surface area contributed by atoms with Crippen LogP contribution in [0.25, 0.3) is 0 Å². The van der Waals surface area contributed by atoms with Gasteiger partial charge in [-0.05, 0) is 61.4 Å². The number of anilines is 1. The van der Waals surface area contributed by atoms with Crippen molar-refractivity contribution in [1.82, 2.24) is 0 Å². The molecule has 7 nitrogen and oxygen atoms in total. The second kappa shape index (κ2) is 9.18. The van der Waals surface area contributed by atoms with Crippen molar-refractivity contribution in [1.29, 1.82) is 0 Å². The summed E-state index contributed by atoms with van der Waals surface area (Å²) in [6.07, 6.45) is 2.85. The van der Waals surface area contributed by atoms with E-state index in [2.05, 4.69) is 12.2 Å². The van der Waals surface area contributed by atoms with Crippen LogP contribution < -0.4 is 15.8 Å². The van der Waals surface area contributed by atoms with Crippen molar-refractivity contribution in [2.24, 2.45) is 11.7 Å². The zero-order valence-corrected chi connectivity index (χ0v) is 18.7. The van der Waals surface area contributed by atoms with E-state index >= 15 is 0 Å². The molecule has 1 aromatic carbocycles. The van der Waals surface area contributed by atoms with Crippen molar-refractivity contribution in [2.45, 2.75) is 43.9 Å². The van der Waals surface area contributed by atoms with Crippen LogP contribution in [-0.2, 0) is 27.5 Å². The van der Waals surface area contributed by atoms with Gasteiger partial charge in [-0.15, -0.1) is 11.3 Å². The smallest absolute Gasteiger partial charge is 0.251 e. The fourth-order valence-corrected chi connectivity index (χ4v) is 6.36. The Hall–Kier alpha value is -2.39. The standard InChI is InChI=1S/C21H26N2O5S2/c1-13-5-10-16-17(12-13)29-21(19(16)20(22)25)23-18(24)4-3-11-30(26,27)15-8-6-14(28-2)7-9-15/h6-9,13H,3-5,10-12H2,1-2H3,(H2,22,25)(H,23,24)/t13-/m0/s1. The molecule has 0 radical (unpaired) electrons. The third-order valence-electron chi connectivity index (χ3n) is 5.25. The number of ether oxygens (including phenoxy) is 1. The molecule has 162 valence electrons. The summed E-state index contributed by atoms with van der Waals surface area (Å²) in [6.45, 7) is 2.16. The van der Waals surface area contributed by atoms with Crippen LogP contribution in [0.15, 0.2) is 29.2 Å². The summed E-state index contributed by atoms with van der Waals surface area (Å²) < 4.78 is 29.9. The van der Waals surface area contributed by atoms with Crippen molar-refractivity contribution < 1.29 is 22.7 Å². The molecule has 1 aliphatic rings. The van der Waals surface area contributed by atoms with E-state index in [1.54, 1.807) is 12.1 Å². The Morgan fingerprint density at radius 2 is 1.97 bits per heavy atom. The lowest BCUT2D eigenvalue weighted by atomic mass is 9.88. The lowest BCUT2D eigenvalue weighted by molar-refractivity contribution is -0.116. The van der Waals surface area contributed by atoms with Crippen molar-refractivity contribution in [2.75, 3.05) is 18.2 Å². The number of hydrogen-bond acceptors (Lipinski definition) is 6. The van der Waals surface area contributed by atoms with E-state index in [4.69, 9.17) is 10.5 Å². The predicted molar refractivity (Wildman–Crippen MR) is 117 cm³/mol. The highest BCUT2D eigenvalue weighted by atomic mass is 32.2. The van der Waals surface area contributed by atoms with E-state index in [1.807, 2.05) is 0 Å². The fraction of sp³-hybridized carbons (Fsp3) is 0.429. The number of amides is 2. The normalized spacial score (nSPS) is 16.0. The van der Waals surface area contributed by atoms with Crippen molar-refractivity contribution >= 4 is 38.0 Å². The van der Waals surface area contributed by atoms with Gasteiger partial charge < -0.3 is 15.8 Å². The highest BCUT2D eigenvalue weighted by Gasteiger charge is 2.27. The van der Waals surface area contributed by atoms with E-state index in [-0.39, 0.29) is 29.4 Å². The first-order chi connectivity index (χ1) is 14.2. The first kappa shape index (κ1) is 22.3. The van der Waals surface area contributed by atoms with Gasteiger partial charge in [0.1, 0.15) is 10.8 Å². The van der Waals surface area contributed by atoms with Crippen LogP contribution in [0.4, 0.5) is 5.00 Å². The van der Waals surface area contributed by atoms with E-state index in [0.29, 0.717) is 22.2 Å². The van der Waals surface area contributed by atoms with Crippen LogP contribution in [0.1, 0.15) is 47.0 Å². The maximum atomic E-state index is 12.4. The third-order valence-corrected chi connectivity index (χ3v) is 8.23. The maximum absolute atomic E-state index is 12.4. The van der Waals surface area contributed by atoms with Crippen LogP contribution in [-0.4, -0.2) is 33.1 Å². The molecule has 1 heterocycles. The summed E-state index contributed by atoms with van der Waals surface area (Å²) in [5, 5.41) is 3.25. The van der Waals surface area contributed by atoms with Crippen LogP contribution >= 0.6 is 11.3 Å². The van der Waals surface area contributed by atoms with Crippen molar-refractivity contribution in [3.05, 3.63) is 40.3 Å². The highest BCUT2D eigenvalue weighted by molar-refractivity contribution is 7.91. The molecule has 1 aromatic heterocycles. The van der Waals surface area contributed by atoms with Crippen molar-refractivity contribution in [3.63, 3.8) is 0 Å². The molecule has 2 aromatic rings. The highest BCUT2D eigenvalue weighted by Crippen LogP contribution is 2.39. The molecule has 3 N–H and O–H groups in total. The molecule has 0 saturated heterocycles. The number of fused-ring (bicyclic) bond motifs is 1. The third kappa shape index (κ3) is 5.02. The Morgan fingerprint density at radius 3 is 2.60 bits per heavy atom. The van der Waals surface area contributed by atoms with Gasteiger partial charge in [-0.1, -0.05) is 6.92 Å². The van der Waals surface area contributed by atoms with Gasteiger partial charge in [0, 0.05) is 11.3 Å². The zero-order chi connectivity index (χ0) is 21.9. The Morgan fingerprint density at radius 1 is 1.27 bits per heavy atom. The quantitative estimate of drug-likeness (QED) is 0.641. The van der Waals surface area contributed by atoms with Crippen molar-refractivity contribution in [3.8, 4) is 5.75 Å². The Labute approximate surface area is 180 Å². The monoisotopic (exact) mass is 450 g/mol. The molecular weight excluding hydrogens is 424 g/mol. The lowest BCUT2D eigenvalue weighted by Gasteiger charge is -2.18. The van der Waals surface area contributed by atoms with Crippen LogP contribution in [0.5, 0.6) is 5.75 Å². The molecule has 0 aliphatic heterocycles. The summed E-state index contributed by atoms with van der Waals surface area (Å²) in [5.41, 5.74) is 6.91. The number of primary amides is 1. The molecular formula is C21H26N2O5S2. The molecule has 0 spiro atoms. The lowest BCUT2D eigenvalue weighted by Crippen LogP contribution is -2.19. The number of benzene rings is 1. The Bertz CT molecular complexity index is 1040. The summed E-state index contributed by atoms with van der Waals surface area (Å²) in [5.74, 6) is 0.0946. The number of nitrogens with two attached hydrogens (primary N) is 1. The Balaban J connectivity index is 1.61. The molecule has 3 rings (SSSR count). The molecule has 0 fully saturated rings. The van der Waals surface area contributed by atoms with Gasteiger partial charge in [0.05, 0.1) is 23.3 Å². The molecule has 30 heavy (non-hydrogen) atoms. The van der Waals surface area contributed by atoms with E-state index in [9.17, 15) is 18.0 Å². The number of sulfone groups is 1. The number of rotatable bonds is 8. The molecule has 2 amide bonds. The van der Waals surface area contributed by atoms with Gasteiger partial charge in [0.25, 0.3) is 5.91 Å². The summed E-state index contributed by atoms with van der Waals surface area (Å²) in [6, 6.07) is 6.16. The van der Waals surface area contributed by atoms with Gasteiger partial charge in [-0.3, -0.25) is 9.59 Å². The van der Waals surface area contributed by atoms with Gasteiger partial charge in [0.2, 0.25) is 5.91 Å². The second-order valence-electron chi connectivity index (χ2n) is 7.57. The fourth-order valence-electron chi connectivity index (χ4n) is 3.61. The van der Waals surface area contributed by atoms with Gasteiger partial charge >= 0.3 is 0 Å². The summed E-state index contributed by atoms with van der Waals surface area (Å²) in [4.78, 5) is 25.6. The topological polar surface area (TPSA) is 116 Å². The van der Waals surface area contributed by atoms with Crippen LogP contribution in [0, 0.1) is 5.92 Å². The molecule has 9 heteroatoms. The molecule has 0 bridgehead atoms. The minimum absolute atomic E-state index is 0.0343. The minimum Gasteiger partial charge on any atom is -0.497 e. The van der Waals surface area contributed by atoms with E-state index in [0.717, 1.165) is 29.7 Å². The minimum atomic E-state index is -3.49. The predicted octanol–water partition coefficient (Wildman–Crippen LogP) is 3.17. The number of thiophene rings is 1. The largest absolute Gasteiger partial charge is 0.497 e. The number of carbonyl (C=O) groups is 2. The van der Waals surface area contributed by atoms with Gasteiger partial charge in [-0.2, -0.15) is 0 Å². The van der Waals surface area contributed by atoms with E-state index in [1.165, 1.54) is 30.6 Å². The first-order valence-electron chi connectivity index (χ1n) is 9.82. The number of nitrogens with one attached hydrogen (secondary N) is 1. The van der Waals surface area contributed by atoms with Crippen LogP contribution in [0.3, 0.4) is 0 Å². The SMILES string of the molecule is COc1ccc(S(=O)(=O)CCCC(=O)Nc2sc3c(c2C(N)=O)CC[C@H](C)C3)cc1. The molecule has 0 saturated carbocycles. The van der Waals surface area contributed by atoms with E-state index < -0.39 is 15.7 Å². The first-order valence-corrected chi connectivity index (χ1v) is 12.3. The Kier molecular flexibility index (Phi) is 6.82. The second-order valence-corrected chi connectivity index (χ2v) is 10.8. The van der Waals surface area contributed by atoms with Gasteiger partial charge in [-0.25, -0.2) is 8.42 Å². The van der Waals surface area contributed by atoms with Crippen LogP contribution in [0.2, 0.25) is 0 Å².